The van der Waals surface area contributed by atoms with Crippen molar-refractivity contribution in [1.82, 2.24) is 4.90 Å². The lowest BCUT2D eigenvalue weighted by atomic mass is 10.1. The lowest BCUT2D eigenvalue weighted by Crippen LogP contribution is -2.42. The Balaban J connectivity index is 0.00000361. The molecule has 2 unspecified atom stereocenters. The highest BCUT2D eigenvalue weighted by atomic mass is 35.5. The van der Waals surface area contributed by atoms with E-state index in [0.29, 0.717) is 12.0 Å². The van der Waals surface area contributed by atoms with Crippen molar-refractivity contribution in [3.8, 4) is 0 Å². The Morgan fingerprint density at radius 2 is 1.95 bits per heavy atom. The molecule has 0 aromatic heterocycles. The summed E-state index contributed by atoms with van der Waals surface area (Å²) in [5.41, 5.74) is 6.31. The Morgan fingerprint density at radius 3 is 2.45 bits per heavy atom. The minimum absolute atomic E-state index is 0. The van der Waals surface area contributed by atoms with Crippen molar-refractivity contribution in [3.05, 3.63) is 35.4 Å². The number of carbonyl (C=O) groups is 1. The fourth-order valence-electron chi connectivity index (χ4n) is 1.88. The standard InChI is InChI=1S/C14H20F2N2O.ClH/c1-4-5-13(17)14(19)18(3)9(2)10-6-7-11(15)12(16)8-10;/h6-9,13H,4-5,17H2,1-3H3;1H. The van der Waals surface area contributed by atoms with Crippen molar-refractivity contribution in [3.63, 3.8) is 0 Å². The second kappa shape index (κ2) is 8.17. The zero-order chi connectivity index (χ0) is 14.6. The minimum Gasteiger partial charge on any atom is -0.338 e. The predicted octanol–water partition coefficient (Wildman–Crippen LogP) is 3.03. The van der Waals surface area contributed by atoms with Crippen molar-refractivity contribution in [2.24, 2.45) is 5.73 Å². The van der Waals surface area contributed by atoms with Crippen LogP contribution >= 0.6 is 12.4 Å². The van der Waals surface area contributed by atoms with E-state index in [9.17, 15) is 13.6 Å². The van der Waals surface area contributed by atoms with Crippen LogP contribution in [0.3, 0.4) is 0 Å². The Morgan fingerprint density at radius 1 is 1.35 bits per heavy atom. The number of benzene rings is 1. The van der Waals surface area contributed by atoms with Crippen LogP contribution < -0.4 is 5.73 Å². The van der Waals surface area contributed by atoms with Crippen LogP contribution in [0.25, 0.3) is 0 Å². The summed E-state index contributed by atoms with van der Waals surface area (Å²) < 4.78 is 26.1. The molecule has 1 aromatic rings. The van der Waals surface area contributed by atoms with E-state index in [4.69, 9.17) is 5.73 Å². The Kier molecular flexibility index (Phi) is 7.68. The van der Waals surface area contributed by atoms with E-state index in [2.05, 4.69) is 0 Å². The van der Waals surface area contributed by atoms with Crippen LogP contribution in [0.4, 0.5) is 8.78 Å². The van der Waals surface area contributed by atoms with Gasteiger partial charge in [0.25, 0.3) is 0 Å². The maximum absolute atomic E-state index is 13.2. The smallest absolute Gasteiger partial charge is 0.239 e. The number of nitrogens with zero attached hydrogens (tertiary/aromatic N) is 1. The molecule has 0 aliphatic carbocycles. The van der Waals surface area contributed by atoms with Gasteiger partial charge in [0, 0.05) is 7.05 Å². The largest absolute Gasteiger partial charge is 0.338 e. The van der Waals surface area contributed by atoms with E-state index in [0.717, 1.165) is 18.6 Å². The summed E-state index contributed by atoms with van der Waals surface area (Å²) in [7, 11) is 1.61. The van der Waals surface area contributed by atoms with Gasteiger partial charge in [-0.05, 0) is 31.0 Å². The Hall–Kier alpha value is -1.20. The average molecular weight is 307 g/mol. The van der Waals surface area contributed by atoms with Gasteiger partial charge in [0.05, 0.1) is 12.1 Å². The van der Waals surface area contributed by atoms with E-state index in [1.807, 2.05) is 6.92 Å². The van der Waals surface area contributed by atoms with Crippen LogP contribution in [0.15, 0.2) is 18.2 Å². The van der Waals surface area contributed by atoms with Gasteiger partial charge < -0.3 is 10.6 Å². The number of hydrogen-bond donors (Lipinski definition) is 1. The van der Waals surface area contributed by atoms with Crippen molar-refractivity contribution in [1.29, 1.82) is 0 Å². The Bertz CT molecular complexity index is 457. The number of carbonyl (C=O) groups excluding carboxylic acids is 1. The molecule has 6 heteroatoms. The van der Waals surface area contributed by atoms with Gasteiger partial charge in [0.2, 0.25) is 5.91 Å². The molecular formula is C14H21ClF2N2O. The fraction of sp³-hybridized carbons (Fsp3) is 0.500. The topological polar surface area (TPSA) is 46.3 Å². The number of amides is 1. The highest BCUT2D eigenvalue weighted by molar-refractivity contribution is 5.85. The third kappa shape index (κ3) is 4.42. The molecule has 1 rings (SSSR count). The molecule has 1 amide bonds. The van der Waals surface area contributed by atoms with Gasteiger partial charge in [0.15, 0.2) is 11.6 Å². The molecule has 0 saturated carbocycles. The van der Waals surface area contributed by atoms with Crippen molar-refractivity contribution < 1.29 is 13.6 Å². The van der Waals surface area contributed by atoms with Crippen LogP contribution in [-0.2, 0) is 4.79 Å². The molecule has 0 bridgehead atoms. The summed E-state index contributed by atoms with van der Waals surface area (Å²) in [5.74, 6) is -2.00. The monoisotopic (exact) mass is 306 g/mol. The normalized spacial score (nSPS) is 13.3. The lowest BCUT2D eigenvalue weighted by Gasteiger charge is -2.28. The van der Waals surface area contributed by atoms with Crippen LogP contribution in [-0.4, -0.2) is 23.9 Å². The molecule has 0 aliphatic heterocycles. The zero-order valence-electron chi connectivity index (χ0n) is 11.9. The predicted molar refractivity (Wildman–Crippen MR) is 77.7 cm³/mol. The molecule has 0 fully saturated rings. The van der Waals surface area contributed by atoms with Gasteiger partial charge in [-0.25, -0.2) is 8.78 Å². The molecule has 0 radical (unpaired) electrons. The molecule has 2 N–H and O–H groups in total. The summed E-state index contributed by atoms with van der Waals surface area (Å²) in [6.45, 7) is 3.70. The molecule has 0 spiro atoms. The second-order valence-electron chi connectivity index (χ2n) is 4.69. The number of hydrogen-bond acceptors (Lipinski definition) is 2. The van der Waals surface area contributed by atoms with Gasteiger partial charge in [-0.15, -0.1) is 12.4 Å². The summed E-state index contributed by atoms with van der Waals surface area (Å²) in [6.07, 6.45) is 1.42. The zero-order valence-corrected chi connectivity index (χ0v) is 12.7. The van der Waals surface area contributed by atoms with Crippen molar-refractivity contribution in [2.75, 3.05) is 7.05 Å². The molecule has 0 aliphatic rings. The maximum Gasteiger partial charge on any atom is 0.239 e. The fourth-order valence-corrected chi connectivity index (χ4v) is 1.88. The molecule has 2 atom stereocenters. The number of nitrogens with two attached hydrogens (primary N) is 1. The first-order valence-corrected chi connectivity index (χ1v) is 6.35. The van der Waals surface area contributed by atoms with E-state index >= 15 is 0 Å². The number of rotatable bonds is 5. The molecule has 3 nitrogen and oxygen atoms in total. The maximum atomic E-state index is 13.2. The van der Waals surface area contributed by atoms with Gasteiger partial charge in [-0.1, -0.05) is 19.4 Å². The van der Waals surface area contributed by atoms with Crippen LogP contribution in [0, 0.1) is 11.6 Å². The first kappa shape index (κ1) is 18.8. The van der Waals surface area contributed by atoms with Gasteiger partial charge in [-0.2, -0.15) is 0 Å². The van der Waals surface area contributed by atoms with E-state index in [1.165, 1.54) is 11.0 Å². The molecule has 20 heavy (non-hydrogen) atoms. The number of likely N-dealkylation sites (N-methyl/N-ethyl adjacent to an activating group) is 1. The number of halogens is 3. The average Bonchev–Trinajstić information content (AvgIpc) is 2.39. The molecule has 0 heterocycles. The molecular weight excluding hydrogens is 286 g/mol. The molecule has 114 valence electrons. The summed E-state index contributed by atoms with van der Waals surface area (Å²) in [6, 6.07) is 2.73. The van der Waals surface area contributed by atoms with Gasteiger partial charge >= 0.3 is 0 Å². The highest BCUT2D eigenvalue weighted by Gasteiger charge is 2.22. The minimum atomic E-state index is -0.914. The van der Waals surface area contributed by atoms with Gasteiger partial charge in [0.1, 0.15) is 0 Å². The van der Waals surface area contributed by atoms with E-state index in [1.54, 1.807) is 14.0 Å². The third-order valence-electron chi connectivity index (χ3n) is 3.27. The van der Waals surface area contributed by atoms with Crippen LogP contribution in [0.1, 0.15) is 38.3 Å². The lowest BCUT2D eigenvalue weighted by molar-refractivity contribution is -0.133. The molecule has 0 saturated heterocycles. The summed E-state index contributed by atoms with van der Waals surface area (Å²) in [5, 5.41) is 0. The van der Waals surface area contributed by atoms with Crippen molar-refractivity contribution >= 4 is 18.3 Å². The first-order chi connectivity index (χ1) is 8.88. The van der Waals surface area contributed by atoms with Gasteiger partial charge in [-0.3, -0.25) is 4.79 Å². The summed E-state index contributed by atoms with van der Waals surface area (Å²) in [4.78, 5) is 13.5. The van der Waals surface area contributed by atoms with E-state index in [-0.39, 0.29) is 24.4 Å². The summed E-state index contributed by atoms with van der Waals surface area (Å²) >= 11 is 0. The Labute approximate surface area is 124 Å². The van der Waals surface area contributed by atoms with Crippen LogP contribution in [0.2, 0.25) is 0 Å². The van der Waals surface area contributed by atoms with E-state index < -0.39 is 17.7 Å². The third-order valence-corrected chi connectivity index (χ3v) is 3.27. The highest BCUT2D eigenvalue weighted by Crippen LogP contribution is 2.21. The second-order valence-corrected chi connectivity index (χ2v) is 4.69. The quantitative estimate of drug-likeness (QED) is 0.909. The SMILES string of the molecule is CCCC(N)C(=O)N(C)C(C)c1ccc(F)c(F)c1.Cl. The first-order valence-electron chi connectivity index (χ1n) is 6.35. The van der Waals surface area contributed by atoms with Crippen LogP contribution in [0.5, 0.6) is 0 Å². The van der Waals surface area contributed by atoms with Crippen molar-refractivity contribution in [2.45, 2.75) is 38.8 Å². The molecule has 1 aromatic carbocycles.